The quantitative estimate of drug-likeness (QED) is 0.761. The van der Waals surface area contributed by atoms with Gasteiger partial charge in [-0.25, -0.2) is 9.97 Å². The van der Waals surface area contributed by atoms with Crippen LogP contribution in [0.25, 0.3) is 10.3 Å². The van der Waals surface area contributed by atoms with Crippen LogP contribution in [0.1, 0.15) is 19.8 Å². The minimum atomic E-state index is 0.512. The number of pyridine rings is 1. The molecule has 0 N–H and O–H groups in total. The van der Waals surface area contributed by atoms with Gasteiger partial charge in [0.1, 0.15) is 16.2 Å². The molecule has 88 valence electrons. The predicted octanol–water partition coefficient (Wildman–Crippen LogP) is 3.24. The molecule has 1 aliphatic heterocycles. The number of hydrogen-bond acceptors (Lipinski definition) is 4. The molecular formula is C13H15N3S. The summed E-state index contributed by atoms with van der Waals surface area (Å²) in [4.78, 5) is 12.4. The maximum atomic E-state index is 4.70. The number of rotatable bonds is 2. The molecule has 1 saturated heterocycles. The van der Waals surface area contributed by atoms with Crippen molar-refractivity contribution >= 4 is 27.5 Å². The van der Waals surface area contributed by atoms with E-state index in [2.05, 4.69) is 41.1 Å². The summed E-state index contributed by atoms with van der Waals surface area (Å²) in [5, 5.41) is 0. The average molecular weight is 245 g/mol. The molecule has 3 nitrogen and oxygen atoms in total. The zero-order chi connectivity index (χ0) is 11.7. The van der Waals surface area contributed by atoms with Crippen LogP contribution >= 0.6 is 11.3 Å². The highest BCUT2D eigenvalue weighted by molar-refractivity contribution is 7.16. The molecule has 0 aromatic carbocycles. The van der Waals surface area contributed by atoms with E-state index in [0.29, 0.717) is 6.04 Å². The summed E-state index contributed by atoms with van der Waals surface area (Å²) < 4.78 is 0. The first-order chi connectivity index (χ1) is 8.38. The maximum absolute atomic E-state index is 4.70. The summed E-state index contributed by atoms with van der Waals surface area (Å²) in [6.07, 6.45) is 6.88. The Morgan fingerprint density at radius 1 is 1.47 bits per heavy atom. The van der Waals surface area contributed by atoms with Gasteiger partial charge in [0.2, 0.25) is 0 Å². The molecule has 3 rings (SSSR count). The Kier molecular flexibility index (Phi) is 2.81. The van der Waals surface area contributed by atoms with Crippen molar-refractivity contribution in [3.63, 3.8) is 0 Å². The molecule has 0 aliphatic carbocycles. The molecule has 3 heterocycles. The molecule has 17 heavy (non-hydrogen) atoms. The van der Waals surface area contributed by atoms with Gasteiger partial charge in [0.25, 0.3) is 0 Å². The lowest BCUT2D eigenvalue weighted by Crippen LogP contribution is -2.28. The van der Waals surface area contributed by atoms with Crippen molar-refractivity contribution in [2.24, 2.45) is 0 Å². The third-order valence-corrected chi connectivity index (χ3v) is 3.92. The van der Waals surface area contributed by atoms with Gasteiger partial charge in [0.05, 0.1) is 5.51 Å². The summed E-state index contributed by atoms with van der Waals surface area (Å²) in [5.74, 6) is 1.09. The molecule has 0 unspecified atom stereocenters. The smallest absolute Gasteiger partial charge is 0.145 e. The van der Waals surface area contributed by atoms with Crippen molar-refractivity contribution in [1.29, 1.82) is 0 Å². The van der Waals surface area contributed by atoms with E-state index in [0.717, 1.165) is 22.7 Å². The van der Waals surface area contributed by atoms with E-state index in [1.54, 1.807) is 11.3 Å². The zero-order valence-corrected chi connectivity index (χ0v) is 10.7. The van der Waals surface area contributed by atoms with Crippen LogP contribution < -0.4 is 4.90 Å². The van der Waals surface area contributed by atoms with Gasteiger partial charge in [-0.3, -0.25) is 0 Å². The van der Waals surface area contributed by atoms with E-state index in [-0.39, 0.29) is 0 Å². The van der Waals surface area contributed by atoms with Crippen molar-refractivity contribution in [3.05, 3.63) is 29.8 Å². The van der Waals surface area contributed by atoms with Crippen molar-refractivity contribution in [2.75, 3.05) is 11.4 Å². The first kappa shape index (κ1) is 10.7. The van der Waals surface area contributed by atoms with Crippen molar-refractivity contribution < 1.29 is 0 Å². The van der Waals surface area contributed by atoms with Crippen LogP contribution in [0.4, 0.5) is 5.82 Å². The molecule has 1 fully saturated rings. The fraction of sp³-hybridized carbons (Fsp3) is 0.385. The molecular weight excluding hydrogens is 230 g/mol. The molecule has 0 amide bonds. The fourth-order valence-electron chi connectivity index (χ4n) is 2.40. The van der Waals surface area contributed by atoms with Crippen LogP contribution in [0.5, 0.6) is 0 Å². The van der Waals surface area contributed by atoms with Gasteiger partial charge in [-0.05, 0) is 31.9 Å². The topological polar surface area (TPSA) is 29.0 Å². The second-order valence-electron chi connectivity index (χ2n) is 4.27. The first-order valence-electron chi connectivity index (χ1n) is 5.98. The fourth-order valence-corrected chi connectivity index (χ4v) is 3.05. The van der Waals surface area contributed by atoms with Crippen LogP contribution in [0.3, 0.4) is 0 Å². The second-order valence-corrected chi connectivity index (χ2v) is 5.11. The molecule has 2 aromatic rings. The number of thiazole rings is 1. The van der Waals surface area contributed by atoms with E-state index >= 15 is 0 Å². The Morgan fingerprint density at radius 2 is 2.41 bits per heavy atom. The lowest BCUT2D eigenvalue weighted by molar-refractivity contribution is 0.796. The summed E-state index contributed by atoms with van der Waals surface area (Å²) in [5.41, 5.74) is 2.86. The maximum Gasteiger partial charge on any atom is 0.145 e. The lowest BCUT2D eigenvalue weighted by atomic mass is 10.2. The van der Waals surface area contributed by atoms with Gasteiger partial charge in [-0.1, -0.05) is 12.2 Å². The summed E-state index contributed by atoms with van der Waals surface area (Å²) in [6, 6.07) is 4.67. The normalized spacial score (nSPS) is 20.8. The third-order valence-electron chi connectivity index (χ3n) is 3.19. The Bertz CT molecular complexity index is 546. The molecule has 2 aromatic heterocycles. The SMILES string of the molecule is C/C=C/[C@H]1CCCN1c1ccc2ncsc2n1. The predicted molar refractivity (Wildman–Crippen MR) is 72.6 cm³/mol. The molecule has 0 spiro atoms. The van der Waals surface area contributed by atoms with E-state index < -0.39 is 0 Å². The minimum Gasteiger partial charge on any atom is -0.350 e. The van der Waals surface area contributed by atoms with Gasteiger partial charge < -0.3 is 4.90 Å². The minimum absolute atomic E-state index is 0.512. The van der Waals surface area contributed by atoms with E-state index in [1.807, 2.05) is 5.51 Å². The van der Waals surface area contributed by atoms with Crippen LogP contribution in [0.15, 0.2) is 29.8 Å². The highest BCUT2D eigenvalue weighted by Gasteiger charge is 2.23. The van der Waals surface area contributed by atoms with E-state index in [1.165, 1.54) is 12.8 Å². The third kappa shape index (κ3) is 1.93. The van der Waals surface area contributed by atoms with Gasteiger partial charge in [-0.2, -0.15) is 0 Å². The molecule has 0 bridgehead atoms. The van der Waals surface area contributed by atoms with Gasteiger partial charge in [0, 0.05) is 12.6 Å². The van der Waals surface area contributed by atoms with E-state index in [4.69, 9.17) is 4.98 Å². The number of aromatic nitrogens is 2. The average Bonchev–Trinajstić information content (AvgIpc) is 2.96. The monoisotopic (exact) mass is 245 g/mol. The van der Waals surface area contributed by atoms with Crippen LogP contribution in [0, 0.1) is 0 Å². The van der Waals surface area contributed by atoms with Crippen molar-refractivity contribution in [2.45, 2.75) is 25.8 Å². The number of nitrogens with zero attached hydrogens (tertiary/aromatic N) is 3. The molecule has 0 radical (unpaired) electrons. The standard InChI is InChI=1S/C13H15N3S/c1-2-4-10-5-3-8-16(10)12-7-6-11-13(15-12)17-9-14-11/h2,4,6-7,9-10H,3,5,8H2,1H3/b4-2+/t10-/m0/s1. The van der Waals surface area contributed by atoms with Gasteiger partial charge in [-0.15, -0.1) is 11.3 Å². The van der Waals surface area contributed by atoms with E-state index in [9.17, 15) is 0 Å². The Hall–Kier alpha value is -1.42. The number of allylic oxidation sites excluding steroid dienone is 1. The van der Waals surface area contributed by atoms with Gasteiger partial charge >= 0.3 is 0 Å². The molecule has 0 saturated carbocycles. The summed E-state index contributed by atoms with van der Waals surface area (Å²) in [6.45, 7) is 3.18. The van der Waals surface area contributed by atoms with Crippen LogP contribution in [0.2, 0.25) is 0 Å². The number of hydrogen-bond donors (Lipinski definition) is 0. The Morgan fingerprint density at radius 3 is 3.29 bits per heavy atom. The lowest BCUT2D eigenvalue weighted by Gasteiger charge is -2.23. The van der Waals surface area contributed by atoms with Crippen LogP contribution in [-0.4, -0.2) is 22.6 Å². The Balaban J connectivity index is 1.96. The largest absolute Gasteiger partial charge is 0.350 e. The molecule has 1 atom stereocenters. The van der Waals surface area contributed by atoms with Crippen molar-refractivity contribution in [1.82, 2.24) is 9.97 Å². The Labute approximate surface area is 105 Å². The molecule has 1 aliphatic rings. The number of fused-ring (bicyclic) bond motifs is 1. The first-order valence-corrected chi connectivity index (χ1v) is 6.86. The van der Waals surface area contributed by atoms with Crippen LogP contribution in [-0.2, 0) is 0 Å². The summed E-state index contributed by atoms with van der Waals surface area (Å²) >= 11 is 1.61. The molecule has 4 heteroatoms. The zero-order valence-electron chi connectivity index (χ0n) is 9.84. The highest BCUT2D eigenvalue weighted by Crippen LogP contribution is 2.27. The second kappa shape index (κ2) is 4.45. The van der Waals surface area contributed by atoms with Gasteiger partial charge in [0.15, 0.2) is 0 Å². The highest BCUT2D eigenvalue weighted by atomic mass is 32.1. The number of anilines is 1. The summed E-state index contributed by atoms with van der Waals surface area (Å²) in [7, 11) is 0. The van der Waals surface area contributed by atoms with Crippen molar-refractivity contribution in [3.8, 4) is 0 Å².